The van der Waals surface area contributed by atoms with E-state index in [-0.39, 0.29) is 12.0 Å². The second kappa shape index (κ2) is 6.52. The van der Waals surface area contributed by atoms with E-state index >= 15 is 0 Å². The summed E-state index contributed by atoms with van der Waals surface area (Å²) < 4.78 is 10.5. The molecule has 1 aliphatic heterocycles. The second-order valence-corrected chi connectivity index (χ2v) is 4.30. The molecule has 1 aromatic carbocycles. The van der Waals surface area contributed by atoms with Crippen LogP contribution in [0.1, 0.15) is 12.5 Å². The van der Waals surface area contributed by atoms with Gasteiger partial charge in [0.1, 0.15) is 6.04 Å². The van der Waals surface area contributed by atoms with Crippen LogP contribution in [-0.4, -0.2) is 43.3 Å². The van der Waals surface area contributed by atoms with Gasteiger partial charge in [-0.05, 0) is 12.5 Å². The zero-order chi connectivity index (χ0) is 12.8. The maximum absolute atomic E-state index is 11.9. The third-order valence-electron chi connectivity index (χ3n) is 3.03. The molecule has 1 heterocycles. The zero-order valence-corrected chi connectivity index (χ0v) is 10.7. The van der Waals surface area contributed by atoms with Crippen molar-refractivity contribution in [2.45, 2.75) is 19.5 Å². The molecule has 4 nitrogen and oxygen atoms in total. The fourth-order valence-electron chi connectivity index (χ4n) is 2.10. The fourth-order valence-corrected chi connectivity index (χ4v) is 2.10. The molecule has 0 unspecified atom stereocenters. The lowest BCUT2D eigenvalue weighted by atomic mass is 10.1. The van der Waals surface area contributed by atoms with Crippen LogP contribution in [0.5, 0.6) is 0 Å². The van der Waals surface area contributed by atoms with Crippen molar-refractivity contribution < 1.29 is 14.3 Å². The first-order valence-electron chi connectivity index (χ1n) is 6.33. The third kappa shape index (κ3) is 3.31. The molecular formula is C14H19NO3. The lowest BCUT2D eigenvalue weighted by Gasteiger charge is -2.33. The number of morpholine rings is 1. The predicted octanol–water partition coefficient (Wildman–Crippen LogP) is 1.45. The average molecular weight is 249 g/mol. The molecule has 0 N–H and O–H groups in total. The molecule has 0 saturated carbocycles. The topological polar surface area (TPSA) is 38.8 Å². The Morgan fingerprint density at radius 1 is 1.44 bits per heavy atom. The van der Waals surface area contributed by atoms with Gasteiger partial charge in [0.15, 0.2) is 0 Å². The normalized spacial score (nSPS) is 20.6. The van der Waals surface area contributed by atoms with E-state index in [0.29, 0.717) is 19.8 Å². The van der Waals surface area contributed by atoms with Gasteiger partial charge >= 0.3 is 5.97 Å². The van der Waals surface area contributed by atoms with Gasteiger partial charge in [-0.25, -0.2) is 0 Å². The van der Waals surface area contributed by atoms with Crippen molar-refractivity contribution in [3.8, 4) is 0 Å². The summed E-state index contributed by atoms with van der Waals surface area (Å²) in [4.78, 5) is 14.0. The Labute approximate surface area is 107 Å². The largest absolute Gasteiger partial charge is 0.465 e. The molecule has 2 rings (SSSR count). The van der Waals surface area contributed by atoms with Crippen LogP contribution in [0, 0.1) is 0 Å². The molecule has 0 aliphatic carbocycles. The van der Waals surface area contributed by atoms with E-state index < -0.39 is 0 Å². The summed E-state index contributed by atoms with van der Waals surface area (Å²) in [7, 11) is 0. The summed E-state index contributed by atoms with van der Waals surface area (Å²) in [6, 6.07) is 9.87. The van der Waals surface area contributed by atoms with Crippen molar-refractivity contribution in [2.75, 3.05) is 26.4 Å². The number of hydrogen-bond acceptors (Lipinski definition) is 4. The van der Waals surface area contributed by atoms with E-state index in [1.807, 2.05) is 25.1 Å². The number of carbonyl (C=O) groups is 1. The minimum atomic E-state index is -0.279. The molecule has 0 radical (unpaired) electrons. The molecule has 18 heavy (non-hydrogen) atoms. The van der Waals surface area contributed by atoms with Gasteiger partial charge in [0.05, 0.1) is 19.8 Å². The summed E-state index contributed by atoms with van der Waals surface area (Å²) in [5.41, 5.74) is 1.20. The van der Waals surface area contributed by atoms with Crippen molar-refractivity contribution in [3.05, 3.63) is 35.9 Å². The summed E-state index contributed by atoms with van der Waals surface area (Å²) in [5, 5.41) is 0. The second-order valence-electron chi connectivity index (χ2n) is 4.30. The van der Waals surface area contributed by atoms with Crippen LogP contribution in [0.15, 0.2) is 30.3 Å². The van der Waals surface area contributed by atoms with Gasteiger partial charge in [0.2, 0.25) is 0 Å². The van der Waals surface area contributed by atoms with Gasteiger partial charge < -0.3 is 9.47 Å². The maximum Gasteiger partial charge on any atom is 0.325 e. The van der Waals surface area contributed by atoms with Crippen molar-refractivity contribution in [2.24, 2.45) is 0 Å². The van der Waals surface area contributed by atoms with E-state index in [1.165, 1.54) is 5.56 Å². The Kier molecular flexibility index (Phi) is 4.73. The van der Waals surface area contributed by atoms with Gasteiger partial charge in [-0.3, -0.25) is 9.69 Å². The first-order chi connectivity index (χ1) is 8.81. The molecule has 1 aromatic rings. The lowest BCUT2D eigenvalue weighted by Crippen LogP contribution is -2.50. The smallest absolute Gasteiger partial charge is 0.325 e. The van der Waals surface area contributed by atoms with Gasteiger partial charge in [-0.1, -0.05) is 30.3 Å². The van der Waals surface area contributed by atoms with Crippen LogP contribution in [-0.2, 0) is 20.8 Å². The summed E-state index contributed by atoms with van der Waals surface area (Å²) in [6.45, 7) is 4.85. The van der Waals surface area contributed by atoms with Crippen LogP contribution < -0.4 is 0 Å². The molecular weight excluding hydrogens is 230 g/mol. The van der Waals surface area contributed by atoms with E-state index in [9.17, 15) is 4.79 Å². The Hall–Kier alpha value is -1.39. The van der Waals surface area contributed by atoms with E-state index in [4.69, 9.17) is 9.47 Å². The number of ether oxygens (including phenoxy) is 2. The lowest BCUT2D eigenvalue weighted by molar-refractivity contribution is -0.156. The standard InChI is InChI=1S/C14H19NO3/c1-2-18-14(16)13-11-17-9-8-15(13)10-12-6-4-3-5-7-12/h3-7,13H,2,8-11H2,1H3/t13-/m1/s1. The molecule has 0 aromatic heterocycles. The number of carbonyl (C=O) groups excluding carboxylic acids is 1. The van der Waals surface area contributed by atoms with Crippen LogP contribution in [0.4, 0.5) is 0 Å². The van der Waals surface area contributed by atoms with Crippen LogP contribution in [0.25, 0.3) is 0 Å². The number of rotatable bonds is 4. The van der Waals surface area contributed by atoms with E-state index in [0.717, 1.165) is 13.1 Å². The molecule has 0 spiro atoms. The summed E-state index contributed by atoms with van der Waals surface area (Å²) in [6.07, 6.45) is 0. The molecule has 0 bridgehead atoms. The SMILES string of the molecule is CCOC(=O)[C@H]1COCCN1Cc1ccccc1. The first kappa shape index (κ1) is 13.1. The molecule has 1 fully saturated rings. The summed E-state index contributed by atoms with van der Waals surface area (Å²) in [5.74, 6) is -0.187. The van der Waals surface area contributed by atoms with Gasteiger partial charge in [-0.15, -0.1) is 0 Å². The molecule has 4 heteroatoms. The Bertz CT molecular complexity index is 380. The maximum atomic E-state index is 11.9. The molecule has 1 saturated heterocycles. The molecule has 1 aliphatic rings. The van der Waals surface area contributed by atoms with Crippen molar-refractivity contribution in [3.63, 3.8) is 0 Å². The number of benzene rings is 1. The summed E-state index contributed by atoms with van der Waals surface area (Å²) >= 11 is 0. The Morgan fingerprint density at radius 3 is 2.94 bits per heavy atom. The molecule has 1 atom stereocenters. The Balaban J connectivity index is 2.01. The van der Waals surface area contributed by atoms with E-state index in [1.54, 1.807) is 0 Å². The highest BCUT2D eigenvalue weighted by molar-refractivity contribution is 5.76. The predicted molar refractivity (Wildman–Crippen MR) is 68.1 cm³/mol. The first-order valence-corrected chi connectivity index (χ1v) is 6.33. The van der Waals surface area contributed by atoms with E-state index in [2.05, 4.69) is 17.0 Å². The minimum absolute atomic E-state index is 0.187. The van der Waals surface area contributed by atoms with Crippen molar-refractivity contribution >= 4 is 5.97 Å². The number of hydrogen-bond donors (Lipinski definition) is 0. The highest BCUT2D eigenvalue weighted by atomic mass is 16.5. The molecule has 0 amide bonds. The minimum Gasteiger partial charge on any atom is -0.465 e. The van der Waals surface area contributed by atoms with Crippen LogP contribution >= 0.6 is 0 Å². The monoisotopic (exact) mass is 249 g/mol. The highest BCUT2D eigenvalue weighted by Crippen LogP contribution is 2.13. The number of esters is 1. The quantitative estimate of drug-likeness (QED) is 0.757. The number of nitrogens with zero attached hydrogens (tertiary/aromatic N) is 1. The zero-order valence-electron chi connectivity index (χ0n) is 10.7. The average Bonchev–Trinajstić information content (AvgIpc) is 2.41. The van der Waals surface area contributed by atoms with Crippen LogP contribution in [0.2, 0.25) is 0 Å². The van der Waals surface area contributed by atoms with Crippen molar-refractivity contribution in [1.29, 1.82) is 0 Å². The fraction of sp³-hybridized carbons (Fsp3) is 0.500. The van der Waals surface area contributed by atoms with Crippen LogP contribution in [0.3, 0.4) is 0 Å². The Morgan fingerprint density at radius 2 is 2.22 bits per heavy atom. The van der Waals surface area contributed by atoms with Gasteiger partial charge in [0, 0.05) is 13.1 Å². The third-order valence-corrected chi connectivity index (χ3v) is 3.03. The van der Waals surface area contributed by atoms with Crippen molar-refractivity contribution in [1.82, 2.24) is 4.90 Å². The van der Waals surface area contributed by atoms with Gasteiger partial charge in [-0.2, -0.15) is 0 Å². The van der Waals surface area contributed by atoms with Gasteiger partial charge in [0.25, 0.3) is 0 Å². The molecule has 98 valence electrons. The highest BCUT2D eigenvalue weighted by Gasteiger charge is 2.30.